The Morgan fingerprint density at radius 1 is 1.21 bits per heavy atom. The molecule has 2 aliphatic heterocycles. The van der Waals surface area contributed by atoms with E-state index in [1.54, 1.807) is 0 Å². The number of likely N-dealkylation sites (tertiary alicyclic amines) is 2. The molecule has 2 fully saturated rings. The van der Waals surface area contributed by atoms with Gasteiger partial charge in [0.2, 0.25) is 17.7 Å². The molecule has 0 N–H and O–H groups in total. The summed E-state index contributed by atoms with van der Waals surface area (Å²) < 4.78 is 0. The molecule has 2 heterocycles. The molecular formula is C14H20N2O3. The highest BCUT2D eigenvalue weighted by atomic mass is 16.2. The van der Waals surface area contributed by atoms with Gasteiger partial charge in [0.05, 0.1) is 0 Å². The summed E-state index contributed by atoms with van der Waals surface area (Å²) in [5.74, 6) is 0.243. The maximum atomic E-state index is 12.0. The summed E-state index contributed by atoms with van der Waals surface area (Å²) in [6.45, 7) is 5.50. The number of allylic oxidation sites excluding steroid dienone is 1. The van der Waals surface area contributed by atoms with Crippen LogP contribution in [0.5, 0.6) is 0 Å². The quantitative estimate of drug-likeness (QED) is 0.561. The summed E-state index contributed by atoms with van der Waals surface area (Å²) in [6.07, 6.45) is 4.68. The Bertz CT molecular complexity index is 381. The molecule has 0 aromatic rings. The molecule has 2 rings (SSSR count). The normalized spacial score (nSPS) is 21.1. The molecule has 2 aliphatic rings. The van der Waals surface area contributed by atoms with Gasteiger partial charge in [0, 0.05) is 38.9 Å². The number of carbonyl (C=O) groups excluding carboxylic acids is 3. The molecule has 0 radical (unpaired) electrons. The third-order valence-electron chi connectivity index (χ3n) is 3.93. The van der Waals surface area contributed by atoms with E-state index >= 15 is 0 Å². The lowest BCUT2D eigenvalue weighted by Gasteiger charge is -2.31. The Morgan fingerprint density at radius 2 is 1.79 bits per heavy atom. The molecule has 0 spiro atoms. The van der Waals surface area contributed by atoms with Crippen molar-refractivity contribution in [2.45, 2.75) is 32.1 Å². The van der Waals surface area contributed by atoms with Crippen LogP contribution in [0.1, 0.15) is 32.1 Å². The van der Waals surface area contributed by atoms with Crippen molar-refractivity contribution in [3.05, 3.63) is 12.7 Å². The Kier molecular flexibility index (Phi) is 4.35. The van der Waals surface area contributed by atoms with Gasteiger partial charge in [-0.3, -0.25) is 19.3 Å². The van der Waals surface area contributed by atoms with Crippen LogP contribution in [0.2, 0.25) is 0 Å². The highest BCUT2D eigenvalue weighted by Gasteiger charge is 2.29. The predicted octanol–water partition coefficient (Wildman–Crippen LogP) is 0.950. The fraction of sp³-hybridized carbons (Fsp3) is 0.643. The standard InChI is InChI=1S/C14H20N2O3/c1-2-11-5-8-15(9-6-11)12(17)7-10-16-13(18)3-4-14(16)19/h2,11H,1,3-10H2. The minimum atomic E-state index is -0.150. The van der Waals surface area contributed by atoms with E-state index < -0.39 is 0 Å². The lowest BCUT2D eigenvalue weighted by Crippen LogP contribution is -2.40. The zero-order valence-electron chi connectivity index (χ0n) is 11.1. The first-order valence-corrected chi connectivity index (χ1v) is 6.85. The van der Waals surface area contributed by atoms with Crippen LogP contribution < -0.4 is 0 Å². The second-order valence-corrected chi connectivity index (χ2v) is 5.14. The van der Waals surface area contributed by atoms with Gasteiger partial charge in [0.1, 0.15) is 0 Å². The number of nitrogens with zero attached hydrogens (tertiary/aromatic N) is 2. The molecule has 0 unspecified atom stereocenters. The molecule has 5 nitrogen and oxygen atoms in total. The summed E-state index contributed by atoms with van der Waals surface area (Å²) in [5, 5.41) is 0. The van der Waals surface area contributed by atoms with Crippen molar-refractivity contribution in [2.75, 3.05) is 19.6 Å². The topological polar surface area (TPSA) is 57.7 Å². The molecule has 0 atom stereocenters. The Hall–Kier alpha value is -1.65. The maximum Gasteiger partial charge on any atom is 0.229 e. The van der Waals surface area contributed by atoms with E-state index in [0.717, 1.165) is 25.9 Å². The minimum absolute atomic E-state index is 0.0370. The van der Waals surface area contributed by atoms with Crippen LogP contribution in [0.4, 0.5) is 0 Å². The Labute approximate surface area is 113 Å². The largest absolute Gasteiger partial charge is 0.343 e. The Balaban J connectivity index is 1.77. The molecular weight excluding hydrogens is 244 g/mol. The first-order chi connectivity index (χ1) is 9.11. The summed E-state index contributed by atoms with van der Waals surface area (Å²) in [5.41, 5.74) is 0. The van der Waals surface area contributed by atoms with Gasteiger partial charge in [-0.15, -0.1) is 6.58 Å². The van der Waals surface area contributed by atoms with Crippen LogP contribution in [0, 0.1) is 5.92 Å². The number of piperidine rings is 1. The van der Waals surface area contributed by atoms with Gasteiger partial charge in [-0.1, -0.05) is 6.08 Å². The fourth-order valence-electron chi connectivity index (χ4n) is 2.62. The average molecular weight is 264 g/mol. The highest BCUT2D eigenvalue weighted by molar-refractivity contribution is 6.02. The maximum absolute atomic E-state index is 12.0. The van der Waals surface area contributed by atoms with Crippen molar-refractivity contribution in [2.24, 2.45) is 5.92 Å². The predicted molar refractivity (Wildman–Crippen MR) is 70.1 cm³/mol. The van der Waals surface area contributed by atoms with E-state index in [9.17, 15) is 14.4 Å². The molecule has 3 amide bonds. The lowest BCUT2D eigenvalue weighted by molar-refractivity contribution is -0.139. The van der Waals surface area contributed by atoms with Gasteiger partial charge in [-0.25, -0.2) is 0 Å². The first-order valence-electron chi connectivity index (χ1n) is 6.85. The highest BCUT2D eigenvalue weighted by Crippen LogP contribution is 2.19. The Morgan fingerprint density at radius 3 is 2.32 bits per heavy atom. The van der Waals surface area contributed by atoms with Crippen LogP contribution in [-0.2, 0) is 14.4 Å². The smallest absolute Gasteiger partial charge is 0.229 e. The fourth-order valence-corrected chi connectivity index (χ4v) is 2.62. The zero-order chi connectivity index (χ0) is 13.8. The van der Waals surface area contributed by atoms with Crippen LogP contribution >= 0.6 is 0 Å². The van der Waals surface area contributed by atoms with Gasteiger partial charge >= 0.3 is 0 Å². The van der Waals surface area contributed by atoms with E-state index in [0.29, 0.717) is 5.92 Å². The molecule has 0 aromatic heterocycles. The molecule has 2 saturated heterocycles. The first kappa shape index (κ1) is 13.8. The van der Waals surface area contributed by atoms with Gasteiger partial charge in [0.25, 0.3) is 0 Å². The molecule has 19 heavy (non-hydrogen) atoms. The van der Waals surface area contributed by atoms with Crippen molar-refractivity contribution in [3.8, 4) is 0 Å². The average Bonchev–Trinajstić information content (AvgIpc) is 2.75. The second kappa shape index (κ2) is 5.99. The van der Waals surface area contributed by atoms with Gasteiger partial charge in [0.15, 0.2) is 0 Å². The van der Waals surface area contributed by atoms with Gasteiger partial charge in [-0.05, 0) is 18.8 Å². The van der Waals surface area contributed by atoms with Crippen molar-refractivity contribution >= 4 is 17.7 Å². The lowest BCUT2D eigenvalue weighted by atomic mass is 9.97. The summed E-state index contributed by atoms with van der Waals surface area (Å²) in [6, 6.07) is 0. The molecule has 0 saturated carbocycles. The monoisotopic (exact) mass is 264 g/mol. The zero-order valence-corrected chi connectivity index (χ0v) is 11.1. The molecule has 0 bridgehead atoms. The number of amides is 3. The number of rotatable bonds is 4. The van der Waals surface area contributed by atoms with E-state index in [2.05, 4.69) is 6.58 Å². The SMILES string of the molecule is C=CC1CCN(C(=O)CCN2C(=O)CCC2=O)CC1. The number of hydrogen-bond donors (Lipinski definition) is 0. The second-order valence-electron chi connectivity index (χ2n) is 5.14. The van der Waals surface area contributed by atoms with Crippen LogP contribution in [0.15, 0.2) is 12.7 Å². The van der Waals surface area contributed by atoms with Crippen molar-refractivity contribution in [1.29, 1.82) is 0 Å². The van der Waals surface area contributed by atoms with Crippen molar-refractivity contribution < 1.29 is 14.4 Å². The minimum Gasteiger partial charge on any atom is -0.343 e. The van der Waals surface area contributed by atoms with Crippen molar-refractivity contribution in [3.63, 3.8) is 0 Å². The summed E-state index contributed by atoms with van der Waals surface area (Å²) >= 11 is 0. The third-order valence-corrected chi connectivity index (χ3v) is 3.93. The van der Waals surface area contributed by atoms with Crippen LogP contribution in [-0.4, -0.2) is 47.2 Å². The number of imide groups is 1. The molecule has 5 heteroatoms. The van der Waals surface area contributed by atoms with Crippen LogP contribution in [0.25, 0.3) is 0 Å². The number of hydrogen-bond acceptors (Lipinski definition) is 3. The van der Waals surface area contributed by atoms with Crippen molar-refractivity contribution in [1.82, 2.24) is 9.80 Å². The van der Waals surface area contributed by atoms with Gasteiger partial charge < -0.3 is 4.90 Å². The molecule has 0 aliphatic carbocycles. The third kappa shape index (κ3) is 3.22. The summed E-state index contributed by atoms with van der Waals surface area (Å²) in [7, 11) is 0. The summed E-state index contributed by atoms with van der Waals surface area (Å²) in [4.78, 5) is 37.9. The van der Waals surface area contributed by atoms with E-state index in [-0.39, 0.29) is 43.5 Å². The number of carbonyl (C=O) groups is 3. The van der Waals surface area contributed by atoms with E-state index in [4.69, 9.17) is 0 Å². The van der Waals surface area contributed by atoms with Crippen LogP contribution in [0.3, 0.4) is 0 Å². The van der Waals surface area contributed by atoms with E-state index in [1.165, 1.54) is 4.90 Å². The van der Waals surface area contributed by atoms with E-state index in [1.807, 2.05) is 11.0 Å². The molecule has 104 valence electrons. The van der Waals surface area contributed by atoms with Gasteiger partial charge in [-0.2, -0.15) is 0 Å². The molecule has 0 aromatic carbocycles.